The van der Waals surface area contributed by atoms with Crippen molar-refractivity contribution in [2.45, 2.75) is 26.9 Å². The van der Waals surface area contributed by atoms with Gasteiger partial charge in [0.2, 0.25) is 5.91 Å². The Balaban J connectivity index is 2.19. The molecule has 1 aromatic heterocycles. The molecule has 2 rings (SSSR count). The van der Waals surface area contributed by atoms with E-state index < -0.39 is 17.0 Å². The van der Waals surface area contributed by atoms with Crippen molar-refractivity contribution in [1.82, 2.24) is 4.98 Å². The number of pyridine rings is 1. The third-order valence-electron chi connectivity index (χ3n) is 3.46. The number of carbonyl (C=O) groups is 2. The van der Waals surface area contributed by atoms with E-state index in [2.05, 4.69) is 10.3 Å². The van der Waals surface area contributed by atoms with Gasteiger partial charge in [-0.05, 0) is 31.5 Å². The van der Waals surface area contributed by atoms with Crippen LogP contribution in [0, 0.1) is 17.0 Å². The molecule has 0 radical (unpaired) electrons. The van der Waals surface area contributed by atoms with Gasteiger partial charge in [0.1, 0.15) is 12.3 Å². The van der Waals surface area contributed by atoms with Crippen molar-refractivity contribution in [1.29, 1.82) is 0 Å². The first-order valence-corrected chi connectivity index (χ1v) is 7.47. The molecule has 8 heteroatoms. The zero-order chi connectivity index (χ0) is 18.6. The third kappa shape index (κ3) is 4.60. The third-order valence-corrected chi connectivity index (χ3v) is 3.46. The summed E-state index contributed by atoms with van der Waals surface area (Å²) in [4.78, 5) is 37.5. The van der Waals surface area contributed by atoms with Crippen LogP contribution >= 0.6 is 0 Å². The quantitative estimate of drug-likeness (QED) is 0.507. The highest BCUT2D eigenvalue weighted by molar-refractivity contribution is 5.91. The summed E-state index contributed by atoms with van der Waals surface area (Å²) in [5, 5.41) is 13.5. The van der Waals surface area contributed by atoms with Crippen molar-refractivity contribution in [2.24, 2.45) is 0 Å². The largest absolute Gasteiger partial charge is 0.454 e. The maximum atomic E-state index is 12.3. The predicted molar refractivity (Wildman–Crippen MR) is 90.2 cm³/mol. The Morgan fingerprint density at radius 3 is 2.68 bits per heavy atom. The van der Waals surface area contributed by atoms with Gasteiger partial charge in [-0.2, -0.15) is 0 Å². The second kappa shape index (κ2) is 7.52. The van der Waals surface area contributed by atoms with Crippen LogP contribution in [0.2, 0.25) is 0 Å². The summed E-state index contributed by atoms with van der Waals surface area (Å²) in [5.74, 6) is -0.911. The minimum Gasteiger partial charge on any atom is -0.454 e. The van der Waals surface area contributed by atoms with E-state index in [1.165, 1.54) is 6.92 Å². The molecule has 0 aliphatic carbocycles. The van der Waals surface area contributed by atoms with Crippen LogP contribution in [0.5, 0.6) is 0 Å². The highest BCUT2D eigenvalue weighted by Gasteiger charge is 2.20. The van der Waals surface area contributed by atoms with Gasteiger partial charge in [0.25, 0.3) is 5.69 Å². The predicted octanol–water partition coefficient (Wildman–Crippen LogP) is 3.17. The summed E-state index contributed by atoms with van der Waals surface area (Å²) in [7, 11) is 0. The Labute approximate surface area is 144 Å². The van der Waals surface area contributed by atoms with Crippen LogP contribution in [-0.2, 0) is 9.53 Å². The van der Waals surface area contributed by atoms with Gasteiger partial charge >= 0.3 is 5.97 Å². The molecule has 0 unspecified atom stereocenters. The van der Waals surface area contributed by atoms with Crippen LogP contribution in [0.15, 0.2) is 36.5 Å². The number of carbonyl (C=O) groups excluding carboxylic acids is 2. The lowest BCUT2D eigenvalue weighted by atomic mass is 10.1. The van der Waals surface area contributed by atoms with Crippen molar-refractivity contribution in [3.63, 3.8) is 0 Å². The smallest absolute Gasteiger partial charge is 0.340 e. The van der Waals surface area contributed by atoms with Gasteiger partial charge in [0, 0.05) is 18.7 Å². The SMILES string of the molecule is CC(=O)Nc1cccc([C@@H](C)OC(=O)c2cc([N+](=O)[O-])cnc2C)c1. The Hall–Kier alpha value is -3.29. The molecule has 0 aliphatic rings. The van der Waals surface area contributed by atoms with Crippen LogP contribution in [0.1, 0.15) is 41.6 Å². The average Bonchev–Trinajstić information content (AvgIpc) is 2.54. The molecule has 0 bridgehead atoms. The van der Waals surface area contributed by atoms with E-state index in [0.717, 1.165) is 12.3 Å². The highest BCUT2D eigenvalue weighted by Crippen LogP contribution is 2.23. The zero-order valence-corrected chi connectivity index (χ0v) is 14.0. The van der Waals surface area contributed by atoms with Crippen molar-refractivity contribution in [2.75, 3.05) is 5.32 Å². The molecule has 1 heterocycles. The standard InChI is InChI=1S/C17H17N3O5/c1-10-16(8-15(9-18-10)20(23)24)17(22)25-11(2)13-5-4-6-14(7-13)19-12(3)21/h4-9,11H,1-3H3,(H,19,21)/t11-/m1/s1. The zero-order valence-electron chi connectivity index (χ0n) is 14.0. The van der Waals surface area contributed by atoms with E-state index >= 15 is 0 Å². The van der Waals surface area contributed by atoms with Crippen molar-refractivity contribution < 1.29 is 19.2 Å². The van der Waals surface area contributed by atoms with Gasteiger partial charge < -0.3 is 10.1 Å². The normalized spacial score (nSPS) is 11.5. The lowest BCUT2D eigenvalue weighted by molar-refractivity contribution is -0.385. The van der Waals surface area contributed by atoms with E-state index in [9.17, 15) is 19.7 Å². The summed E-state index contributed by atoms with van der Waals surface area (Å²) in [5.41, 5.74) is 1.36. The number of hydrogen-bond donors (Lipinski definition) is 1. The van der Waals surface area contributed by atoms with Crippen LogP contribution < -0.4 is 5.32 Å². The first-order valence-electron chi connectivity index (χ1n) is 7.47. The summed E-state index contributed by atoms with van der Waals surface area (Å²) in [6, 6.07) is 8.03. The Kier molecular flexibility index (Phi) is 5.43. The molecule has 2 aromatic rings. The minimum atomic E-state index is -0.703. The first kappa shape index (κ1) is 18.1. The van der Waals surface area contributed by atoms with Crippen molar-refractivity contribution in [3.8, 4) is 0 Å². The van der Waals surface area contributed by atoms with Crippen LogP contribution in [-0.4, -0.2) is 21.8 Å². The van der Waals surface area contributed by atoms with Gasteiger partial charge in [0.15, 0.2) is 0 Å². The summed E-state index contributed by atoms with van der Waals surface area (Å²) in [6.45, 7) is 4.64. The van der Waals surface area contributed by atoms with E-state index in [1.807, 2.05) is 0 Å². The summed E-state index contributed by atoms with van der Waals surface area (Å²) in [6.07, 6.45) is 0.478. The second-order valence-corrected chi connectivity index (χ2v) is 5.44. The number of aryl methyl sites for hydroxylation is 1. The van der Waals surface area contributed by atoms with Gasteiger partial charge in [0.05, 0.1) is 16.2 Å². The lowest BCUT2D eigenvalue weighted by Gasteiger charge is -2.15. The molecular weight excluding hydrogens is 326 g/mol. The maximum Gasteiger partial charge on any atom is 0.340 e. The molecular formula is C17H17N3O5. The lowest BCUT2D eigenvalue weighted by Crippen LogP contribution is -2.12. The fraction of sp³-hybridized carbons (Fsp3) is 0.235. The summed E-state index contributed by atoms with van der Waals surface area (Å²) < 4.78 is 5.38. The topological polar surface area (TPSA) is 111 Å². The molecule has 1 atom stereocenters. The molecule has 0 aliphatic heterocycles. The fourth-order valence-corrected chi connectivity index (χ4v) is 2.19. The van der Waals surface area contributed by atoms with Gasteiger partial charge in [-0.1, -0.05) is 12.1 Å². The average molecular weight is 343 g/mol. The molecule has 1 N–H and O–H groups in total. The number of rotatable bonds is 5. The van der Waals surface area contributed by atoms with Gasteiger partial charge in [-0.25, -0.2) is 4.79 Å². The van der Waals surface area contributed by atoms with Crippen LogP contribution in [0.25, 0.3) is 0 Å². The molecule has 1 amide bonds. The molecule has 0 saturated heterocycles. The molecule has 1 aromatic carbocycles. The number of esters is 1. The Morgan fingerprint density at radius 2 is 2.04 bits per heavy atom. The first-order chi connectivity index (χ1) is 11.8. The number of benzene rings is 1. The number of aromatic nitrogens is 1. The van der Waals surface area contributed by atoms with Crippen LogP contribution in [0.4, 0.5) is 11.4 Å². The number of nitrogens with one attached hydrogen (secondary N) is 1. The Morgan fingerprint density at radius 1 is 1.32 bits per heavy atom. The van der Waals surface area contributed by atoms with E-state index in [4.69, 9.17) is 4.74 Å². The summed E-state index contributed by atoms with van der Waals surface area (Å²) >= 11 is 0. The monoisotopic (exact) mass is 343 g/mol. The molecule has 0 fully saturated rings. The number of nitrogens with zero attached hydrogens (tertiary/aromatic N) is 2. The number of amides is 1. The molecule has 8 nitrogen and oxygen atoms in total. The molecule has 25 heavy (non-hydrogen) atoms. The van der Waals surface area contributed by atoms with Crippen molar-refractivity contribution >= 4 is 23.3 Å². The fourth-order valence-electron chi connectivity index (χ4n) is 2.19. The maximum absolute atomic E-state index is 12.3. The molecule has 0 spiro atoms. The second-order valence-electron chi connectivity index (χ2n) is 5.44. The Bertz CT molecular complexity index is 835. The highest BCUT2D eigenvalue weighted by atomic mass is 16.6. The van der Waals surface area contributed by atoms with E-state index in [-0.39, 0.29) is 17.2 Å². The number of anilines is 1. The number of nitro groups is 1. The van der Waals surface area contributed by atoms with E-state index in [1.54, 1.807) is 38.1 Å². The van der Waals surface area contributed by atoms with E-state index in [0.29, 0.717) is 16.9 Å². The number of ether oxygens (including phenoxy) is 1. The number of hydrogen-bond acceptors (Lipinski definition) is 6. The molecule has 130 valence electrons. The van der Waals surface area contributed by atoms with Crippen molar-refractivity contribution in [3.05, 3.63) is 63.5 Å². The van der Waals surface area contributed by atoms with Gasteiger partial charge in [-0.3, -0.25) is 19.9 Å². The minimum absolute atomic E-state index is 0.0408. The van der Waals surface area contributed by atoms with Gasteiger partial charge in [-0.15, -0.1) is 0 Å². The van der Waals surface area contributed by atoms with Crippen LogP contribution in [0.3, 0.4) is 0 Å². The molecule has 0 saturated carbocycles.